The van der Waals surface area contributed by atoms with Gasteiger partial charge in [0.2, 0.25) is 0 Å². The SMILES string of the molecule is COc1ccccc1CNC(=O)c1ccc(C(=O)N2CCCCC2)cc1. The molecule has 0 unspecified atom stereocenters. The zero-order valence-corrected chi connectivity index (χ0v) is 15.0. The van der Waals surface area contributed by atoms with Crippen molar-refractivity contribution in [1.82, 2.24) is 10.2 Å². The summed E-state index contributed by atoms with van der Waals surface area (Å²) >= 11 is 0. The molecule has 0 aromatic heterocycles. The summed E-state index contributed by atoms with van der Waals surface area (Å²) in [6, 6.07) is 14.4. The molecular weight excluding hydrogens is 328 g/mol. The van der Waals surface area contributed by atoms with E-state index >= 15 is 0 Å². The topological polar surface area (TPSA) is 58.6 Å². The van der Waals surface area contributed by atoms with E-state index in [9.17, 15) is 9.59 Å². The van der Waals surface area contributed by atoms with E-state index < -0.39 is 0 Å². The fraction of sp³-hybridized carbons (Fsp3) is 0.333. The summed E-state index contributed by atoms with van der Waals surface area (Å²) in [5.41, 5.74) is 2.09. The van der Waals surface area contributed by atoms with E-state index in [4.69, 9.17) is 4.74 Å². The summed E-state index contributed by atoms with van der Waals surface area (Å²) < 4.78 is 5.29. The Kier molecular flexibility index (Phi) is 5.89. The Hall–Kier alpha value is -2.82. The summed E-state index contributed by atoms with van der Waals surface area (Å²) in [7, 11) is 1.61. The van der Waals surface area contributed by atoms with Crippen molar-refractivity contribution in [2.24, 2.45) is 0 Å². The van der Waals surface area contributed by atoms with Gasteiger partial charge in [-0.1, -0.05) is 18.2 Å². The van der Waals surface area contributed by atoms with Gasteiger partial charge in [-0.25, -0.2) is 0 Å². The minimum absolute atomic E-state index is 0.0469. The minimum Gasteiger partial charge on any atom is -0.496 e. The number of para-hydroxylation sites is 1. The van der Waals surface area contributed by atoms with Crippen molar-refractivity contribution in [3.63, 3.8) is 0 Å². The first kappa shape index (κ1) is 18.0. The highest BCUT2D eigenvalue weighted by Gasteiger charge is 2.18. The quantitative estimate of drug-likeness (QED) is 0.899. The highest BCUT2D eigenvalue weighted by Crippen LogP contribution is 2.17. The number of nitrogens with zero attached hydrogens (tertiary/aromatic N) is 1. The number of rotatable bonds is 5. The Morgan fingerprint density at radius 2 is 1.62 bits per heavy atom. The third kappa shape index (κ3) is 4.23. The fourth-order valence-electron chi connectivity index (χ4n) is 3.17. The van der Waals surface area contributed by atoms with Gasteiger partial charge in [-0.15, -0.1) is 0 Å². The van der Waals surface area contributed by atoms with Crippen LogP contribution >= 0.6 is 0 Å². The molecule has 2 aromatic carbocycles. The van der Waals surface area contributed by atoms with Crippen molar-refractivity contribution in [3.8, 4) is 5.75 Å². The molecule has 0 radical (unpaired) electrons. The van der Waals surface area contributed by atoms with Crippen LogP contribution in [0.4, 0.5) is 0 Å². The predicted molar refractivity (Wildman–Crippen MR) is 100 cm³/mol. The molecule has 0 spiro atoms. The largest absolute Gasteiger partial charge is 0.496 e. The molecule has 0 aliphatic carbocycles. The number of piperidine rings is 1. The number of carbonyl (C=O) groups excluding carboxylic acids is 2. The molecule has 1 fully saturated rings. The highest BCUT2D eigenvalue weighted by molar-refractivity contribution is 5.97. The van der Waals surface area contributed by atoms with Crippen LogP contribution in [0.5, 0.6) is 5.75 Å². The summed E-state index contributed by atoms with van der Waals surface area (Å²) in [5, 5.41) is 2.89. The monoisotopic (exact) mass is 352 g/mol. The maximum atomic E-state index is 12.5. The number of nitrogens with one attached hydrogen (secondary N) is 1. The van der Waals surface area contributed by atoms with Crippen LogP contribution in [0.1, 0.15) is 45.5 Å². The molecule has 136 valence electrons. The Balaban J connectivity index is 1.60. The molecule has 1 N–H and O–H groups in total. The Morgan fingerprint density at radius 1 is 0.962 bits per heavy atom. The molecule has 3 rings (SSSR count). The molecule has 2 amide bonds. The average molecular weight is 352 g/mol. The lowest BCUT2D eigenvalue weighted by Crippen LogP contribution is -2.35. The lowest BCUT2D eigenvalue weighted by molar-refractivity contribution is 0.0723. The maximum absolute atomic E-state index is 12.5. The average Bonchev–Trinajstić information content (AvgIpc) is 2.72. The van der Waals surface area contributed by atoms with Gasteiger partial charge in [-0.2, -0.15) is 0 Å². The van der Waals surface area contributed by atoms with Crippen molar-refractivity contribution in [2.45, 2.75) is 25.8 Å². The van der Waals surface area contributed by atoms with Crippen molar-refractivity contribution in [1.29, 1.82) is 0 Å². The van der Waals surface area contributed by atoms with Crippen LogP contribution in [-0.4, -0.2) is 36.9 Å². The molecule has 1 heterocycles. The van der Waals surface area contributed by atoms with Crippen LogP contribution in [0.15, 0.2) is 48.5 Å². The molecule has 1 aliphatic heterocycles. The summed E-state index contributed by atoms with van der Waals surface area (Å²) in [5.74, 6) is 0.619. The first-order valence-electron chi connectivity index (χ1n) is 8.98. The second kappa shape index (κ2) is 8.52. The Labute approximate surface area is 154 Å². The van der Waals surface area contributed by atoms with E-state index in [1.165, 1.54) is 6.42 Å². The molecule has 26 heavy (non-hydrogen) atoms. The second-order valence-electron chi connectivity index (χ2n) is 6.42. The minimum atomic E-state index is -0.173. The molecule has 0 saturated carbocycles. The molecule has 1 aliphatic rings. The van der Waals surface area contributed by atoms with Gasteiger partial charge in [-0.05, 0) is 49.6 Å². The predicted octanol–water partition coefficient (Wildman–Crippen LogP) is 3.25. The maximum Gasteiger partial charge on any atom is 0.253 e. The van der Waals surface area contributed by atoms with Crippen LogP contribution in [0, 0.1) is 0 Å². The van der Waals surface area contributed by atoms with Gasteiger partial charge in [0.05, 0.1) is 7.11 Å². The number of ether oxygens (including phenoxy) is 1. The summed E-state index contributed by atoms with van der Waals surface area (Å²) in [4.78, 5) is 26.7. The van der Waals surface area contributed by atoms with Gasteiger partial charge < -0.3 is 15.0 Å². The first-order valence-corrected chi connectivity index (χ1v) is 8.98. The van der Waals surface area contributed by atoms with Gasteiger partial charge in [0, 0.05) is 36.3 Å². The van der Waals surface area contributed by atoms with Crippen LogP contribution in [-0.2, 0) is 6.54 Å². The first-order chi connectivity index (χ1) is 12.7. The molecule has 5 nitrogen and oxygen atoms in total. The van der Waals surface area contributed by atoms with Gasteiger partial charge in [0.15, 0.2) is 0 Å². The lowest BCUT2D eigenvalue weighted by atomic mass is 10.1. The Morgan fingerprint density at radius 3 is 2.31 bits per heavy atom. The van der Waals surface area contributed by atoms with E-state index in [0.717, 1.165) is 37.2 Å². The molecule has 1 saturated heterocycles. The summed E-state index contributed by atoms with van der Waals surface area (Å²) in [6.07, 6.45) is 3.32. The zero-order valence-electron chi connectivity index (χ0n) is 15.0. The van der Waals surface area contributed by atoms with Gasteiger partial charge in [0.1, 0.15) is 5.75 Å². The normalized spacial score (nSPS) is 14.0. The molecule has 5 heteroatoms. The van der Waals surface area contributed by atoms with Crippen molar-refractivity contribution >= 4 is 11.8 Å². The zero-order chi connectivity index (χ0) is 18.4. The number of hydrogen-bond acceptors (Lipinski definition) is 3. The Bertz CT molecular complexity index is 765. The van der Waals surface area contributed by atoms with E-state index in [1.807, 2.05) is 29.2 Å². The van der Waals surface area contributed by atoms with Crippen LogP contribution in [0.25, 0.3) is 0 Å². The molecule has 2 aromatic rings. The molecule has 0 bridgehead atoms. The number of amides is 2. The fourth-order valence-corrected chi connectivity index (χ4v) is 3.17. The van der Waals surface area contributed by atoms with Gasteiger partial charge >= 0.3 is 0 Å². The van der Waals surface area contributed by atoms with Crippen LogP contribution in [0.3, 0.4) is 0 Å². The molecule has 0 atom stereocenters. The lowest BCUT2D eigenvalue weighted by Gasteiger charge is -2.26. The third-order valence-electron chi connectivity index (χ3n) is 4.67. The van der Waals surface area contributed by atoms with E-state index in [0.29, 0.717) is 17.7 Å². The van der Waals surface area contributed by atoms with E-state index in [-0.39, 0.29) is 11.8 Å². The smallest absolute Gasteiger partial charge is 0.253 e. The van der Waals surface area contributed by atoms with E-state index in [2.05, 4.69) is 5.32 Å². The number of hydrogen-bond donors (Lipinski definition) is 1. The number of carbonyl (C=O) groups is 2. The summed E-state index contributed by atoms with van der Waals surface area (Å²) in [6.45, 7) is 2.03. The van der Waals surface area contributed by atoms with E-state index in [1.54, 1.807) is 31.4 Å². The van der Waals surface area contributed by atoms with Gasteiger partial charge in [0.25, 0.3) is 11.8 Å². The van der Waals surface area contributed by atoms with Gasteiger partial charge in [-0.3, -0.25) is 9.59 Å². The molecular formula is C21H24N2O3. The van der Waals surface area contributed by atoms with Crippen LogP contribution < -0.4 is 10.1 Å². The van der Waals surface area contributed by atoms with Crippen molar-refractivity contribution in [3.05, 3.63) is 65.2 Å². The third-order valence-corrected chi connectivity index (χ3v) is 4.67. The number of benzene rings is 2. The van der Waals surface area contributed by atoms with Crippen molar-refractivity contribution in [2.75, 3.05) is 20.2 Å². The number of likely N-dealkylation sites (tertiary alicyclic amines) is 1. The second-order valence-corrected chi connectivity index (χ2v) is 6.42. The highest BCUT2D eigenvalue weighted by atomic mass is 16.5. The van der Waals surface area contributed by atoms with Crippen LogP contribution in [0.2, 0.25) is 0 Å². The standard InChI is InChI=1S/C21H24N2O3/c1-26-19-8-4-3-7-18(19)15-22-20(24)16-9-11-17(12-10-16)21(25)23-13-5-2-6-14-23/h3-4,7-12H,2,5-6,13-15H2,1H3,(H,22,24). The van der Waals surface area contributed by atoms with Crippen molar-refractivity contribution < 1.29 is 14.3 Å². The number of methoxy groups -OCH3 is 1.